The fourth-order valence-electron chi connectivity index (χ4n) is 3.21. The van der Waals surface area contributed by atoms with Crippen LogP contribution in [-0.2, 0) is 13.0 Å². The number of carbonyl (C=O) groups excluding carboxylic acids is 1. The van der Waals surface area contributed by atoms with Gasteiger partial charge in [0.05, 0.1) is 4.88 Å². The van der Waals surface area contributed by atoms with Crippen LogP contribution in [0, 0.1) is 0 Å². The average Bonchev–Trinajstić information content (AvgIpc) is 3.12. The number of aryl methyl sites for hydroxylation is 1. The Morgan fingerprint density at radius 3 is 2.77 bits per heavy atom. The van der Waals surface area contributed by atoms with E-state index in [0.29, 0.717) is 6.61 Å². The Bertz CT molecular complexity index is 917. The first-order valence-corrected chi connectivity index (χ1v) is 9.72. The highest BCUT2D eigenvalue weighted by Crippen LogP contribution is 2.42. The Labute approximate surface area is 157 Å². The molecule has 1 aliphatic heterocycles. The van der Waals surface area contributed by atoms with E-state index in [1.165, 1.54) is 5.56 Å². The fraction of sp³-hybridized carbons (Fsp3) is 0.227. The molecule has 1 aliphatic rings. The third kappa shape index (κ3) is 3.51. The van der Waals surface area contributed by atoms with Crippen LogP contribution in [0.1, 0.15) is 34.1 Å². The molecule has 0 fully saturated rings. The summed E-state index contributed by atoms with van der Waals surface area (Å²) in [5.74, 6) is 0.896. The minimum Gasteiger partial charge on any atom is -0.488 e. The highest BCUT2D eigenvalue weighted by Gasteiger charge is 2.22. The van der Waals surface area contributed by atoms with Crippen LogP contribution in [0.3, 0.4) is 0 Å². The van der Waals surface area contributed by atoms with Gasteiger partial charge in [0.25, 0.3) is 5.91 Å². The molecular weight excluding hydrogens is 342 g/mol. The molecule has 1 N–H and O–H groups in total. The van der Waals surface area contributed by atoms with E-state index in [0.717, 1.165) is 39.5 Å². The van der Waals surface area contributed by atoms with E-state index in [1.807, 2.05) is 36.4 Å². The lowest BCUT2D eigenvalue weighted by Gasteiger charge is -2.16. The highest BCUT2D eigenvalue weighted by molar-refractivity contribution is 7.17. The summed E-state index contributed by atoms with van der Waals surface area (Å²) in [7, 11) is 0. The number of hydrogen-bond donors (Lipinski definition) is 1. The zero-order chi connectivity index (χ0) is 17.9. The molecule has 0 saturated heterocycles. The number of ether oxygens (including phenoxy) is 1. The van der Waals surface area contributed by atoms with E-state index in [4.69, 9.17) is 4.74 Å². The molecule has 0 radical (unpaired) electrons. The molecule has 0 unspecified atom stereocenters. The van der Waals surface area contributed by atoms with Crippen LogP contribution < -0.4 is 10.1 Å². The first-order valence-electron chi connectivity index (χ1n) is 8.90. The molecule has 2 aromatic carbocycles. The van der Waals surface area contributed by atoms with E-state index in [1.54, 1.807) is 11.3 Å². The second kappa shape index (κ2) is 7.34. The molecule has 4 heteroatoms. The molecule has 3 nitrogen and oxygen atoms in total. The number of nitrogens with one attached hydrogen (secondary N) is 1. The summed E-state index contributed by atoms with van der Waals surface area (Å²) in [5.41, 5.74) is 3.47. The van der Waals surface area contributed by atoms with Gasteiger partial charge in [0.2, 0.25) is 0 Å². The van der Waals surface area contributed by atoms with Crippen molar-refractivity contribution in [3.05, 3.63) is 76.7 Å². The van der Waals surface area contributed by atoms with E-state index in [2.05, 4.69) is 36.5 Å². The Morgan fingerprint density at radius 2 is 1.92 bits per heavy atom. The Hall–Kier alpha value is -2.59. The first kappa shape index (κ1) is 16.9. The molecule has 0 aliphatic carbocycles. The third-order valence-corrected chi connectivity index (χ3v) is 5.84. The summed E-state index contributed by atoms with van der Waals surface area (Å²) in [4.78, 5) is 14.6. The average molecular weight is 363 g/mol. The Kier molecular flexibility index (Phi) is 4.76. The number of hydrogen-bond acceptors (Lipinski definition) is 3. The van der Waals surface area contributed by atoms with E-state index in [9.17, 15) is 4.79 Å². The van der Waals surface area contributed by atoms with Gasteiger partial charge in [-0.1, -0.05) is 42.5 Å². The van der Waals surface area contributed by atoms with Gasteiger partial charge >= 0.3 is 0 Å². The molecule has 4 rings (SSSR count). The monoisotopic (exact) mass is 363 g/mol. The number of thiophene rings is 1. The molecule has 0 bridgehead atoms. The number of carbonyl (C=O) groups is 1. The van der Waals surface area contributed by atoms with Crippen LogP contribution in [0.15, 0.2) is 60.7 Å². The van der Waals surface area contributed by atoms with Crippen molar-refractivity contribution >= 4 is 17.2 Å². The molecule has 132 valence electrons. The van der Waals surface area contributed by atoms with Gasteiger partial charge in [0, 0.05) is 22.0 Å². The quantitative estimate of drug-likeness (QED) is 0.688. The van der Waals surface area contributed by atoms with Gasteiger partial charge in [-0.25, -0.2) is 0 Å². The number of para-hydroxylation sites is 1. The summed E-state index contributed by atoms with van der Waals surface area (Å²) in [6.07, 6.45) is 1.89. The SMILES string of the molecule is C[C@@H](CCc1ccccc1)NC(=O)c1cc2c(s1)-c1ccccc1OC2. The van der Waals surface area contributed by atoms with Crippen molar-refractivity contribution in [3.8, 4) is 16.2 Å². The number of fused-ring (bicyclic) bond motifs is 3. The molecule has 0 spiro atoms. The van der Waals surface area contributed by atoms with Crippen LogP contribution in [-0.4, -0.2) is 11.9 Å². The van der Waals surface area contributed by atoms with Crippen molar-refractivity contribution in [2.24, 2.45) is 0 Å². The number of amides is 1. The zero-order valence-electron chi connectivity index (χ0n) is 14.7. The van der Waals surface area contributed by atoms with Crippen molar-refractivity contribution in [3.63, 3.8) is 0 Å². The van der Waals surface area contributed by atoms with Crippen LogP contribution in [0.5, 0.6) is 5.75 Å². The van der Waals surface area contributed by atoms with Crippen LogP contribution in [0.2, 0.25) is 0 Å². The normalized spacial score (nSPS) is 13.3. The summed E-state index contributed by atoms with van der Waals surface area (Å²) in [6.45, 7) is 2.59. The summed E-state index contributed by atoms with van der Waals surface area (Å²) >= 11 is 1.55. The van der Waals surface area contributed by atoms with Crippen LogP contribution in [0.4, 0.5) is 0 Å². The predicted molar refractivity (Wildman–Crippen MR) is 106 cm³/mol. The molecule has 2 heterocycles. The minimum atomic E-state index is 0.00226. The maximum Gasteiger partial charge on any atom is 0.261 e. The zero-order valence-corrected chi connectivity index (χ0v) is 15.5. The number of benzene rings is 2. The summed E-state index contributed by atoms with van der Waals surface area (Å²) in [6, 6.07) is 20.5. The molecule has 1 aromatic heterocycles. The van der Waals surface area contributed by atoms with Gasteiger partial charge < -0.3 is 10.1 Å². The predicted octanol–water partition coefficient (Wildman–Crippen LogP) is 5.06. The van der Waals surface area contributed by atoms with Gasteiger partial charge in [-0.05, 0) is 43.5 Å². The highest BCUT2D eigenvalue weighted by atomic mass is 32.1. The van der Waals surface area contributed by atoms with Crippen LogP contribution in [0.25, 0.3) is 10.4 Å². The smallest absolute Gasteiger partial charge is 0.261 e. The van der Waals surface area contributed by atoms with Crippen LogP contribution >= 0.6 is 11.3 Å². The first-order chi connectivity index (χ1) is 12.7. The molecular formula is C22H21NO2S. The van der Waals surface area contributed by atoms with Crippen molar-refractivity contribution in [2.45, 2.75) is 32.4 Å². The fourth-order valence-corrected chi connectivity index (χ4v) is 4.31. The summed E-state index contributed by atoms with van der Waals surface area (Å²) < 4.78 is 5.79. The second-order valence-corrected chi connectivity index (χ2v) is 7.70. The van der Waals surface area contributed by atoms with Gasteiger partial charge in [0.15, 0.2) is 0 Å². The topological polar surface area (TPSA) is 38.3 Å². The van der Waals surface area contributed by atoms with E-state index < -0.39 is 0 Å². The van der Waals surface area contributed by atoms with Gasteiger partial charge in [-0.2, -0.15) is 0 Å². The number of rotatable bonds is 5. The molecule has 0 saturated carbocycles. The van der Waals surface area contributed by atoms with Crippen molar-refractivity contribution < 1.29 is 9.53 Å². The maximum absolute atomic E-state index is 12.7. The van der Waals surface area contributed by atoms with Crippen molar-refractivity contribution in [1.29, 1.82) is 0 Å². The third-order valence-electron chi connectivity index (χ3n) is 4.63. The van der Waals surface area contributed by atoms with Gasteiger partial charge in [-0.3, -0.25) is 4.79 Å². The Morgan fingerprint density at radius 1 is 1.15 bits per heavy atom. The van der Waals surface area contributed by atoms with E-state index in [-0.39, 0.29) is 11.9 Å². The molecule has 1 atom stereocenters. The molecule has 3 aromatic rings. The van der Waals surface area contributed by atoms with Gasteiger partial charge in [0.1, 0.15) is 12.4 Å². The van der Waals surface area contributed by atoms with Gasteiger partial charge in [-0.15, -0.1) is 11.3 Å². The lowest BCUT2D eigenvalue weighted by atomic mass is 10.1. The molecule has 1 amide bonds. The van der Waals surface area contributed by atoms with Crippen molar-refractivity contribution in [1.82, 2.24) is 5.32 Å². The minimum absolute atomic E-state index is 0.00226. The maximum atomic E-state index is 12.7. The molecule has 26 heavy (non-hydrogen) atoms. The largest absolute Gasteiger partial charge is 0.488 e. The van der Waals surface area contributed by atoms with Crippen molar-refractivity contribution in [2.75, 3.05) is 0 Å². The second-order valence-electron chi connectivity index (χ2n) is 6.65. The standard InChI is InChI=1S/C22H21NO2S/c1-15(11-12-16-7-3-2-4-8-16)23-22(24)20-13-17-14-25-19-10-6-5-9-18(19)21(17)26-20/h2-10,13,15H,11-12,14H2,1H3,(H,23,24)/t15-/m0/s1. The summed E-state index contributed by atoms with van der Waals surface area (Å²) in [5, 5.41) is 3.13. The lowest BCUT2D eigenvalue weighted by Crippen LogP contribution is -2.32. The lowest BCUT2D eigenvalue weighted by molar-refractivity contribution is 0.0942. The Balaban J connectivity index is 1.42. The van der Waals surface area contributed by atoms with E-state index >= 15 is 0 Å².